The molecule has 54 heavy (non-hydrogen) atoms. The molecule has 6 rings (SSSR count). The van der Waals surface area contributed by atoms with Gasteiger partial charge in [0.05, 0.1) is 17.5 Å². The maximum Gasteiger partial charge on any atom is 0.410 e. The SMILES string of the molecule is CC(C)(C)OC(=O)N(CCCN(C[C@H]1C[C@@H](n2cc(C3CCOCC3)c3c(N)ncnc32)[C@@H]2OC(C)(C)O[C@H]12)C(=O)OC(C)(C)C)CCc1ccccc1. The molecule has 0 unspecified atom stereocenters. The normalized spacial score (nSPS) is 23.0. The summed E-state index contributed by atoms with van der Waals surface area (Å²) >= 11 is 0. The van der Waals surface area contributed by atoms with Crippen molar-refractivity contribution in [1.82, 2.24) is 24.3 Å². The van der Waals surface area contributed by atoms with Gasteiger partial charge in [-0.05, 0) is 105 Å². The predicted octanol–water partition coefficient (Wildman–Crippen LogP) is 7.10. The Morgan fingerprint density at radius 1 is 0.907 bits per heavy atom. The highest BCUT2D eigenvalue weighted by molar-refractivity contribution is 5.90. The van der Waals surface area contributed by atoms with Gasteiger partial charge in [0.15, 0.2) is 5.79 Å². The van der Waals surface area contributed by atoms with Gasteiger partial charge in [0.25, 0.3) is 0 Å². The van der Waals surface area contributed by atoms with E-state index in [0.717, 1.165) is 35.0 Å². The average Bonchev–Trinajstić information content (AvgIpc) is 3.74. The van der Waals surface area contributed by atoms with E-state index in [9.17, 15) is 9.59 Å². The number of carbonyl (C=O) groups is 2. The fourth-order valence-electron chi connectivity index (χ4n) is 8.07. The molecule has 1 saturated carbocycles. The molecule has 3 fully saturated rings. The van der Waals surface area contributed by atoms with E-state index in [1.807, 2.05) is 73.6 Å². The minimum atomic E-state index is -0.809. The molecule has 0 spiro atoms. The number of benzene rings is 1. The highest BCUT2D eigenvalue weighted by Gasteiger charge is 2.55. The lowest BCUT2D eigenvalue weighted by Crippen LogP contribution is -2.44. The zero-order valence-corrected chi connectivity index (χ0v) is 33.4. The molecule has 0 radical (unpaired) electrons. The Morgan fingerprint density at radius 3 is 2.20 bits per heavy atom. The molecule has 2 aliphatic heterocycles. The first-order valence-corrected chi connectivity index (χ1v) is 19.5. The van der Waals surface area contributed by atoms with E-state index in [2.05, 4.69) is 27.9 Å². The summed E-state index contributed by atoms with van der Waals surface area (Å²) in [7, 11) is 0. The Hall–Kier alpha value is -3.94. The summed E-state index contributed by atoms with van der Waals surface area (Å²) in [6.45, 7) is 18.2. The van der Waals surface area contributed by atoms with Crippen LogP contribution in [0.25, 0.3) is 11.0 Å². The van der Waals surface area contributed by atoms with Crippen LogP contribution in [-0.4, -0.2) is 105 Å². The Balaban J connectivity index is 1.24. The van der Waals surface area contributed by atoms with Crippen molar-refractivity contribution < 1.29 is 33.3 Å². The Labute approximate surface area is 319 Å². The number of amides is 2. The Bertz CT molecular complexity index is 1740. The third-order valence-corrected chi connectivity index (χ3v) is 10.4. The Morgan fingerprint density at radius 2 is 1.54 bits per heavy atom. The second kappa shape index (κ2) is 16.0. The summed E-state index contributed by atoms with van der Waals surface area (Å²) in [5, 5.41) is 0.889. The highest BCUT2D eigenvalue weighted by Crippen LogP contribution is 2.49. The van der Waals surface area contributed by atoms with E-state index in [4.69, 9.17) is 34.4 Å². The number of aromatic nitrogens is 3. The van der Waals surface area contributed by atoms with Gasteiger partial charge < -0.3 is 43.8 Å². The molecule has 3 aliphatic rings. The van der Waals surface area contributed by atoms with Crippen molar-refractivity contribution in [2.45, 2.75) is 129 Å². The van der Waals surface area contributed by atoms with Crippen LogP contribution in [0.4, 0.5) is 15.4 Å². The summed E-state index contributed by atoms with van der Waals surface area (Å²) in [4.78, 5) is 39.9. The lowest BCUT2D eigenvalue weighted by atomic mass is 9.92. The maximum atomic E-state index is 13.9. The van der Waals surface area contributed by atoms with E-state index in [-0.39, 0.29) is 36.2 Å². The van der Waals surface area contributed by atoms with Gasteiger partial charge in [-0.3, -0.25) is 0 Å². The molecule has 296 valence electrons. The van der Waals surface area contributed by atoms with Gasteiger partial charge in [0.1, 0.15) is 35.1 Å². The Kier molecular flexibility index (Phi) is 11.8. The molecule has 2 N–H and O–H groups in total. The fraction of sp³-hybridized carbons (Fsp3) is 0.659. The number of nitrogen functional groups attached to an aromatic ring is 1. The minimum absolute atomic E-state index is 0.0718. The number of hydrogen-bond donors (Lipinski definition) is 1. The quantitative estimate of drug-likeness (QED) is 0.216. The van der Waals surface area contributed by atoms with Crippen LogP contribution in [0.2, 0.25) is 0 Å². The number of nitrogens with zero attached hydrogens (tertiary/aromatic N) is 5. The smallest absolute Gasteiger partial charge is 0.410 e. The van der Waals surface area contributed by atoms with Gasteiger partial charge in [-0.2, -0.15) is 0 Å². The topological polar surface area (TPSA) is 144 Å². The van der Waals surface area contributed by atoms with Crippen LogP contribution >= 0.6 is 0 Å². The van der Waals surface area contributed by atoms with E-state index in [0.29, 0.717) is 64.5 Å². The van der Waals surface area contributed by atoms with E-state index in [1.165, 1.54) is 6.33 Å². The van der Waals surface area contributed by atoms with Crippen molar-refractivity contribution in [1.29, 1.82) is 0 Å². The summed E-state index contributed by atoms with van der Waals surface area (Å²) in [6.07, 6.45) is 6.11. The predicted molar refractivity (Wildman–Crippen MR) is 206 cm³/mol. The molecule has 3 aromatic rings. The van der Waals surface area contributed by atoms with Crippen molar-refractivity contribution in [2.75, 3.05) is 45.1 Å². The number of anilines is 1. The first-order valence-electron chi connectivity index (χ1n) is 19.5. The van der Waals surface area contributed by atoms with Crippen molar-refractivity contribution in [3.8, 4) is 0 Å². The molecule has 13 nitrogen and oxygen atoms in total. The molecule has 13 heteroatoms. The first-order chi connectivity index (χ1) is 25.5. The third kappa shape index (κ3) is 9.64. The number of ether oxygens (including phenoxy) is 5. The molecule has 0 bridgehead atoms. The third-order valence-electron chi connectivity index (χ3n) is 10.4. The largest absolute Gasteiger partial charge is 0.444 e. The molecule has 2 aromatic heterocycles. The summed E-state index contributed by atoms with van der Waals surface area (Å²) in [5.74, 6) is -0.124. The molecule has 2 amide bonds. The molecular formula is C41H60N6O7. The van der Waals surface area contributed by atoms with Gasteiger partial charge in [-0.1, -0.05) is 30.3 Å². The molecule has 1 aliphatic carbocycles. The van der Waals surface area contributed by atoms with E-state index in [1.54, 1.807) is 9.80 Å². The van der Waals surface area contributed by atoms with Crippen LogP contribution in [0, 0.1) is 5.92 Å². The van der Waals surface area contributed by atoms with E-state index < -0.39 is 23.1 Å². The van der Waals surface area contributed by atoms with E-state index >= 15 is 0 Å². The van der Waals surface area contributed by atoms with Crippen molar-refractivity contribution >= 4 is 29.0 Å². The monoisotopic (exact) mass is 748 g/mol. The lowest BCUT2D eigenvalue weighted by molar-refractivity contribution is -0.160. The van der Waals surface area contributed by atoms with Crippen LogP contribution in [0.1, 0.15) is 104 Å². The highest BCUT2D eigenvalue weighted by atomic mass is 16.8. The standard InChI is InChI=1S/C41H60N6O7/c1-39(2,3)53-37(48)45(20-15-27-13-10-9-11-14-27)18-12-19-46(38(49)54-40(4,5)6)24-29-23-31(34-33(29)51-41(7,8)52-34)47-25-30(28-16-21-50-22-17-28)32-35(42)43-26-44-36(32)47/h9-11,13-14,25-26,28-29,31,33-34H,12,15-24H2,1-8H3,(H2,42,43,44)/t29-,31-,33-,34+/m1/s1. The van der Waals surface area contributed by atoms with Gasteiger partial charge >= 0.3 is 12.2 Å². The lowest BCUT2D eigenvalue weighted by Gasteiger charge is -2.32. The van der Waals surface area contributed by atoms with Crippen molar-refractivity contribution in [3.05, 3.63) is 54.0 Å². The second-order valence-electron chi connectivity index (χ2n) is 17.4. The minimum Gasteiger partial charge on any atom is -0.444 e. The number of carbonyl (C=O) groups excluding carboxylic acids is 2. The van der Waals surface area contributed by atoms with Crippen molar-refractivity contribution in [3.63, 3.8) is 0 Å². The number of hydrogen-bond acceptors (Lipinski definition) is 10. The summed E-state index contributed by atoms with van der Waals surface area (Å²) in [6, 6.07) is 9.97. The van der Waals surface area contributed by atoms with Gasteiger partial charge in [0, 0.05) is 51.5 Å². The number of nitrogens with two attached hydrogens (primary N) is 1. The van der Waals surface area contributed by atoms with Gasteiger partial charge in [-0.15, -0.1) is 0 Å². The summed E-state index contributed by atoms with van der Waals surface area (Å²) in [5.41, 5.74) is 8.26. The van der Waals surface area contributed by atoms with Crippen LogP contribution in [0.3, 0.4) is 0 Å². The average molecular weight is 749 g/mol. The van der Waals surface area contributed by atoms with Crippen molar-refractivity contribution in [2.24, 2.45) is 5.92 Å². The zero-order valence-electron chi connectivity index (χ0n) is 33.4. The maximum absolute atomic E-state index is 13.9. The number of rotatable bonds is 11. The molecule has 4 atom stereocenters. The number of fused-ring (bicyclic) bond motifs is 2. The van der Waals surface area contributed by atoms with Gasteiger partial charge in [-0.25, -0.2) is 19.6 Å². The molecule has 2 saturated heterocycles. The molecule has 4 heterocycles. The fourth-order valence-corrected chi connectivity index (χ4v) is 8.07. The molecular weight excluding hydrogens is 688 g/mol. The van der Waals surface area contributed by atoms with Gasteiger partial charge in [0.2, 0.25) is 0 Å². The zero-order chi connectivity index (χ0) is 38.8. The van der Waals surface area contributed by atoms with Crippen LogP contribution in [0.5, 0.6) is 0 Å². The first kappa shape index (κ1) is 39.7. The second-order valence-corrected chi connectivity index (χ2v) is 17.4. The van der Waals surface area contributed by atoms with Crippen LogP contribution in [0.15, 0.2) is 42.9 Å². The summed E-state index contributed by atoms with van der Waals surface area (Å²) < 4.78 is 32.9. The van der Waals surface area contributed by atoms with Crippen LogP contribution in [-0.2, 0) is 30.1 Å². The van der Waals surface area contributed by atoms with Crippen LogP contribution < -0.4 is 5.73 Å². The molecule has 1 aromatic carbocycles.